The van der Waals surface area contributed by atoms with Gasteiger partial charge in [0.2, 0.25) is 0 Å². The second-order valence-electron chi connectivity index (χ2n) is 2.79. The molecule has 3 heteroatoms. The molecule has 77 valence electrons. The van der Waals surface area contributed by atoms with Gasteiger partial charge in [-0.05, 0) is 18.6 Å². The molecule has 0 aromatic carbocycles. The molecule has 0 atom stereocenters. The van der Waals surface area contributed by atoms with Crippen LogP contribution in [0.3, 0.4) is 0 Å². The van der Waals surface area contributed by atoms with Gasteiger partial charge < -0.3 is 4.74 Å². The fourth-order valence-corrected chi connectivity index (χ4v) is 1.48. The van der Waals surface area contributed by atoms with E-state index in [1.54, 1.807) is 11.8 Å². The number of hydrogen-bond acceptors (Lipinski definition) is 3. The third-order valence-electron chi connectivity index (χ3n) is 1.50. The number of thioether (sulfide) groups is 1. The zero-order valence-electron chi connectivity index (χ0n) is 8.38. The van der Waals surface area contributed by atoms with E-state index in [0.717, 1.165) is 30.8 Å². The smallest absolute Gasteiger partial charge is 0.306 e. The highest BCUT2D eigenvalue weighted by Gasteiger charge is 2.01. The zero-order valence-corrected chi connectivity index (χ0v) is 9.20. The second kappa shape index (κ2) is 9.90. The van der Waals surface area contributed by atoms with Crippen LogP contribution in [0, 0.1) is 6.92 Å². The Hall–Kier alpha value is -0.180. The van der Waals surface area contributed by atoms with Crippen molar-refractivity contribution in [3.63, 3.8) is 0 Å². The molecule has 0 saturated carbocycles. The van der Waals surface area contributed by atoms with E-state index in [1.807, 2.05) is 0 Å². The molecule has 0 saturated heterocycles. The summed E-state index contributed by atoms with van der Waals surface area (Å²) >= 11 is 1.76. The summed E-state index contributed by atoms with van der Waals surface area (Å²) in [5, 5.41) is 0. The van der Waals surface area contributed by atoms with E-state index in [9.17, 15) is 4.79 Å². The molecule has 0 heterocycles. The molecule has 0 N–H and O–H groups in total. The quantitative estimate of drug-likeness (QED) is 0.448. The normalized spacial score (nSPS) is 10.0. The maximum Gasteiger partial charge on any atom is 0.306 e. The summed E-state index contributed by atoms with van der Waals surface area (Å²) in [5.41, 5.74) is 0. The van der Waals surface area contributed by atoms with Crippen LogP contribution in [0.1, 0.15) is 32.6 Å². The minimum absolute atomic E-state index is 0.0648. The summed E-state index contributed by atoms with van der Waals surface area (Å²) in [6.07, 6.45) is 3.51. The van der Waals surface area contributed by atoms with Crippen molar-refractivity contribution in [1.82, 2.24) is 0 Å². The lowest BCUT2D eigenvalue weighted by molar-refractivity contribution is -0.143. The van der Waals surface area contributed by atoms with Crippen LogP contribution >= 0.6 is 11.8 Å². The zero-order chi connectivity index (χ0) is 9.94. The molecule has 0 unspecified atom stereocenters. The van der Waals surface area contributed by atoms with Gasteiger partial charge >= 0.3 is 5.97 Å². The average Bonchev–Trinajstić information content (AvgIpc) is 2.13. The topological polar surface area (TPSA) is 26.3 Å². The predicted molar refractivity (Wildman–Crippen MR) is 57.8 cm³/mol. The van der Waals surface area contributed by atoms with E-state index in [1.165, 1.54) is 0 Å². The number of rotatable bonds is 8. The van der Waals surface area contributed by atoms with E-state index < -0.39 is 0 Å². The first-order valence-electron chi connectivity index (χ1n) is 4.83. The van der Waals surface area contributed by atoms with Crippen molar-refractivity contribution in [1.29, 1.82) is 0 Å². The molecule has 0 bridgehead atoms. The summed E-state index contributed by atoms with van der Waals surface area (Å²) in [6, 6.07) is 0. The van der Waals surface area contributed by atoms with Gasteiger partial charge in [-0.1, -0.05) is 20.3 Å². The fourth-order valence-electron chi connectivity index (χ4n) is 0.762. The summed E-state index contributed by atoms with van der Waals surface area (Å²) < 4.78 is 4.99. The van der Waals surface area contributed by atoms with Gasteiger partial charge in [0.1, 0.15) is 0 Å². The van der Waals surface area contributed by atoms with E-state index in [2.05, 4.69) is 13.8 Å². The number of unbranched alkanes of at least 4 members (excludes halogenated alkanes) is 1. The van der Waals surface area contributed by atoms with Crippen molar-refractivity contribution < 1.29 is 9.53 Å². The average molecular weight is 203 g/mol. The molecule has 0 aromatic heterocycles. The number of esters is 1. The molecule has 0 aromatic rings. The molecular formula is C10H19O2S. The Morgan fingerprint density at radius 2 is 2.23 bits per heavy atom. The van der Waals surface area contributed by atoms with Crippen LogP contribution in [-0.2, 0) is 9.53 Å². The molecular weight excluding hydrogens is 184 g/mol. The third kappa shape index (κ3) is 9.74. The Labute approximate surface area is 85.4 Å². The van der Waals surface area contributed by atoms with Crippen molar-refractivity contribution in [2.45, 2.75) is 32.6 Å². The van der Waals surface area contributed by atoms with Crippen molar-refractivity contribution in [2.24, 2.45) is 0 Å². The Morgan fingerprint density at radius 3 is 2.85 bits per heavy atom. The first-order valence-corrected chi connectivity index (χ1v) is 5.99. The molecule has 0 aliphatic heterocycles. The fraction of sp³-hybridized carbons (Fsp3) is 0.800. The summed E-state index contributed by atoms with van der Waals surface area (Å²) in [7, 11) is 0. The highest BCUT2D eigenvalue weighted by molar-refractivity contribution is 7.99. The van der Waals surface area contributed by atoms with Crippen LogP contribution in [-0.4, -0.2) is 24.1 Å². The molecule has 13 heavy (non-hydrogen) atoms. The third-order valence-corrected chi connectivity index (χ3v) is 2.57. The Balaban J connectivity index is 3.11. The lowest BCUT2D eigenvalue weighted by Gasteiger charge is -2.02. The van der Waals surface area contributed by atoms with Gasteiger partial charge in [0.05, 0.1) is 13.0 Å². The highest BCUT2D eigenvalue weighted by atomic mass is 32.2. The number of carbonyl (C=O) groups excluding carboxylic acids is 1. The minimum atomic E-state index is -0.0648. The van der Waals surface area contributed by atoms with Crippen molar-refractivity contribution in [3.8, 4) is 0 Å². The molecule has 0 aliphatic rings. The van der Waals surface area contributed by atoms with E-state index in [4.69, 9.17) is 4.74 Å². The Bertz CT molecular complexity index is 126. The molecule has 1 radical (unpaired) electrons. The minimum Gasteiger partial charge on any atom is -0.466 e. The van der Waals surface area contributed by atoms with Gasteiger partial charge in [-0.2, -0.15) is 11.8 Å². The first kappa shape index (κ1) is 12.8. The maximum atomic E-state index is 11.0. The number of ether oxygens (including phenoxy) is 1. The van der Waals surface area contributed by atoms with Crippen molar-refractivity contribution in [2.75, 3.05) is 18.1 Å². The molecule has 0 amide bonds. The second-order valence-corrected chi connectivity index (χ2v) is 4.01. The highest BCUT2D eigenvalue weighted by Crippen LogP contribution is 2.04. The van der Waals surface area contributed by atoms with E-state index in [0.29, 0.717) is 13.0 Å². The van der Waals surface area contributed by atoms with E-state index in [-0.39, 0.29) is 5.97 Å². The molecule has 2 nitrogen and oxygen atoms in total. The largest absolute Gasteiger partial charge is 0.466 e. The van der Waals surface area contributed by atoms with E-state index >= 15 is 0 Å². The van der Waals surface area contributed by atoms with Crippen molar-refractivity contribution >= 4 is 17.7 Å². The van der Waals surface area contributed by atoms with Crippen LogP contribution in [0.4, 0.5) is 0 Å². The number of carbonyl (C=O) groups is 1. The van der Waals surface area contributed by atoms with Crippen molar-refractivity contribution in [3.05, 3.63) is 6.92 Å². The van der Waals surface area contributed by atoms with Gasteiger partial charge in [-0.3, -0.25) is 4.79 Å². The molecule has 0 spiro atoms. The molecule has 0 rings (SSSR count). The predicted octanol–water partition coefficient (Wildman–Crippen LogP) is 2.68. The van der Waals surface area contributed by atoms with Crippen LogP contribution in [0.2, 0.25) is 0 Å². The Kier molecular flexibility index (Phi) is 9.77. The van der Waals surface area contributed by atoms with Crippen LogP contribution < -0.4 is 0 Å². The van der Waals surface area contributed by atoms with Crippen LogP contribution in [0.25, 0.3) is 0 Å². The van der Waals surface area contributed by atoms with Crippen LogP contribution in [0.5, 0.6) is 0 Å². The standard InChI is InChI=1S/C10H19O2S/c1-3-5-7-12-10(11)6-9-13-8-4-2/h2-9H2,1H3. The SMILES string of the molecule is [CH2]CCSCCC(=O)OCCCC. The maximum absolute atomic E-state index is 11.0. The van der Waals surface area contributed by atoms with Crippen LogP contribution in [0.15, 0.2) is 0 Å². The van der Waals surface area contributed by atoms with Gasteiger partial charge in [-0.15, -0.1) is 0 Å². The lowest BCUT2D eigenvalue weighted by Crippen LogP contribution is -2.06. The lowest BCUT2D eigenvalue weighted by atomic mass is 10.4. The first-order chi connectivity index (χ1) is 6.31. The molecule has 0 fully saturated rings. The summed E-state index contributed by atoms with van der Waals surface area (Å²) in [6.45, 7) is 6.39. The molecule has 0 aliphatic carbocycles. The van der Waals surface area contributed by atoms with Gasteiger partial charge in [0.25, 0.3) is 0 Å². The van der Waals surface area contributed by atoms with Gasteiger partial charge in [0.15, 0.2) is 0 Å². The Morgan fingerprint density at radius 1 is 1.46 bits per heavy atom. The summed E-state index contributed by atoms with van der Waals surface area (Å²) in [5.74, 6) is 1.83. The van der Waals surface area contributed by atoms with Gasteiger partial charge in [0, 0.05) is 5.75 Å². The van der Waals surface area contributed by atoms with Gasteiger partial charge in [-0.25, -0.2) is 0 Å². The number of hydrogen-bond donors (Lipinski definition) is 0. The monoisotopic (exact) mass is 203 g/mol. The summed E-state index contributed by atoms with van der Waals surface area (Å²) in [4.78, 5) is 11.0.